The molecule has 2 rings (SSSR count). The summed E-state index contributed by atoms with van der Waals surface area (Å²) < 4.78 is 0. The Morgan fingerprint density at radius 2 is 2.11 bits per heavy atom. The molecule has 1 aliphatic heterocycles. The van der Waals surface area contributed by atoms with Crippen LogP contribution in [0.3, 0.4) is 0 Å². The molecule has 1 aliphatic rings. The Hall–Kier alpha value is -1.35. The number of hydrogen-bond acceptors (Lipinski definition) is 2. The zero-order valence-corrected chi connectivity index (χ0v) is 11.7. The molecule has 1 heterocycles. The highest BCUT2D eigenvalue weighted by Gasteiger charge is 2.32. The van der Waals surface area contributed by atoms with E-state index in [0.29, 0.717) is 18.3 Å². The predicted octanol–water partition coefficient (Wildman–Crippen LogP) is 2.98. The van der Waals surface area contributed by atoms with Gasteiger partial charge in [0.2, 0.25) is 0 Å². The number of carboxylic acids is 1. The summed E-state index contributed by atoms with van der Waals surface area (Å²) in [5, 5.41) is 9.25. The third-order valence-corrected chi connectivity index (χ3v) is 4.28. The van der Waals surface area contributed by atoms with Crippen LogP contribution in [0.15, 0.2) is 30.3 Å². The van der Waals surface area contributed by atoms with Gasteiger partial charge >= 0.3 is 5.97 Å². The first-order chi connectivity index (χ1) is 9.13. The van der Waals surface area contributed by atoms with Gasteiger partial charge in [-0.25, -0.2) is 0 Å². The molecule has 0 amide bonds. The molecule has 1 aromatic rings. The third-order valence-electron chi connectivity index (χ3n) is 4.28. The van der Waals surface area contributed by atoms with Gasteiger partial charge < -0.3 is 5.11 Å². The van der Waals surface area contributed by atoms with Crippen molar-refractivity contribution in [3.63, 3.8) is 0 Å². The van der Waals surface area contributed by atoms with E-state index in [1.807, 2.05) is 13.0 Å². The van der Waals surface area contributed by atoms with Crippen molar-refractivity contribution in [1.82, 2.24) is 4.90 Å². The average molecular weight is 261 g/mol. The topological polar surface area (TPSA) is 40.5 Å². The van der Waals surface area contributed by atoms with E-state index in [4.69, 9.17) is 0 Å². The maximum atomic E-state index is 11.2. The summed E-state index contributed by atoms with van der Waals surface area (Å²) in [4.78, 5) is 13.4. The molecule has 3 heteroatoms. The minimum Gasteiger partial charge on any atom is -0.480 e. The number of nitrogens with zero attached hydrogens (tertiary/aromatic N) is 1. The van der Waals surface area contributed by atoms with E-state index in [9.17, 15) is 9.90 Å². The van der Waals surface area contributed by atoms with Crippen molar-refractivity contribution in [2.45, 2.75) is 38.6 Å². The Morgan fingerprint density at radius 1 is 1.42 bits per heavy atom. The van der Waals surface area contributed by atoms with E-state index >= 15 is 0 Å². The number of carboxylic acid groups (broad SMARTS) is 1. The van der Waals surface area contributed by atoms with Gasteiger partial charge in [0, 0.05) is 6.54 Å². The van der Waals surface area contributed by atoms with Crippen molar-refractivity contribution < 1.29 is 9.90 Å². The largest absolute Gasteiger partial charge is 0.480 e. The minimum absolute atomic E-state index is 0.320. The molecule has 19 heavy (non-hydrogen) atoms. The number of benzene rings is 1. The minimum atomic E-state index is -0.687. The van der Waals surface area contributed by atoms with Crippen LogP contribution in [0.1, 0.15) is 38.2 Å². The molecule has 0 aliphatic carbocycles. The highest BCUT2D eigenvalue weighted by molar-refractivity contribution is 5.73. The Morgan fingerprint density at radius 3 is 2.63 bits per heavy atom. The van der Waals surface area contributed by atoms with Gasteiger partial charge in [0.15, 0.2) is 0 Å². The van der Waals surface area contributed by atoms with E-state index in [-0.39, 0.29) is 6.04 Å². The van der Waals surface area contributed by atoms with Crippen LogP contribution < -0.4 is 0 Å². The maximum absolute atomic E-state index is 11.2. The first-order valence-electron chi connectivity index (χ1n) is 7.15. The highest BCUT2D eigenvalue weighted by Crippen LogP contribution is 2.33. The molecule has 0 saturated carbocycles. The van der Waals surface area contributed by atoms with Crippen molar-refractivity contribution in [3.05, 3.63) is 35.9 Å². The summed E-state index contributed by atoms with van der Waals surface area (Å²) in [6.45, 7) is 5.95. The summed E-state index contributed by atoms with van der Waals surface area (Å²) >= 11 is 0. The molecule has 3 unspecified atom stereocenters. The van der Waals surface area contributed by atoms with Gasteiger partial charge in [-0.15, -0.1) is 0 Å². The van der Waals surface area contributed by atoms with E-state index in [2.05, 4.69) is 36.1 Å². The van der Waals surface area contributed by atoms with Crippen LogP contribution in [0.25, 0.3) is 0 Å². The lowest BCUT2D eigenvalue weighted by Gasteiger charge is -2.39. The van der Waals surface area contributed by atoms with Crippen molar-refractivity contribution >= 4 is 5.97 Å². The van der Waals surface area contributed by atoms with Crippen molar-refractivity contribution in [2.75, 3.05) is 13.1 Å². The SMILES string of the molecule is CCC(C(=O)O)N1CCC(c2ccccc2)C(C)C1. The molecule has 0 spiro atoms. The van der Waals surface area contributed by atoms with Crippen molar-refractivity contribution in [3.8, 4) is 0 Å². The summed E-state index contributed by atoms with van der Waals surface area (Å²) in [5.74, 6) is 0.376. The van der Waals surface area contributed by atoms with Crippen LogP contribution >= 0.6 is 0 Å². The second-order valence-electron chi connectivity index (χ2n) is 5.54. The summed E-state index contributed by atoms with van der Waals surface area (Å²) in [6, 6.07) is 10.3. The second kappa shape index (κ2) is 6.20. The molecule has 1 N–H and O–H groups in total. The van der Waals surface area contributed by atoms with Crippen LogP contribution in [0.4, 0.5) is 0 Å². The Labute approximate surface area is 115 Å². The van der Waals surface area contributed by atoms with E-state index in [1.165, 1.54) is 5.56 Å². The van der Waals surface area contributed by atoms with E-state index in [0.717, 1.165) is 19.5 Å². The first kappa shape index (κ1) is 14.1. The number of rotatable bonds is 4. The number of hydrogen-bond donors (Lipinski definition) is 1. The number of piperidine rings is 1. The molecule has 104 valence electrons. The van der Waals surface area contributed by atoms with Gasteiger partial charge in [0.1, 0.15) is 6.04 Å². The fraction of sp³-hybridized carbons (Fsp3) is 0.562. The van der Waals surface area contributed by atoms with Crippen molar-refractivity contribution in [2.24, 2.45) is 5.92 Å². The standard InChI is InChI=1S/C16H23NO2/c1-3-15(16(18)19)17-10-9-14(12(2)11-17)13-7-5-4-6-8-13/h4-8,12,14-15H,3,9-11H2,1-2H3,(H,18,19). The van der Waals surface area contributed by atoms with Gasteiger partial charge in [-0.05, 0) is 36.8 Å². The lowest BCUT2D eigenvalue weighted by atomic mass is 9.81. The molecule has 3 nitrogen and oxygen atoms in total. The predicted molar refractivity (Wildman–Crippen MR) is 76.3 cm³/mol. The summed E-state index contributed by atoms with van der Waals surface area (Å²) in [6.07, 6.45) is 1.73. The molecule has 1 aromatic carbocycles. The maximum Gasteiger partial charge on any atom is 0.320 e. The molecule has 1 saturated heterocycles. The first-order valence-corrected chi connectivity index (χ1v) is 7.15. The van der Waals surface area contributed by atoms with E-state index in [1.54, 1.807) is 0 Å². The van der Waals surface area contributed by atoms with Crippen LogP contribution in [0, 0.1) is 5.92 Å². The Kier molecular flexibility index (Phi) is 4.59. The molecule has 0 radical (unpaired) electrons. The Balaban J connectivity index is 2.04. The normalized spacial score (nSPS) is 26.0. The number of likely N-dealkylation sites (tertiary alicyclic amines) is 1. The molecular formula is C16H23NO2. The molecule has 3 atom stereocenters. The van der Waals surface area contributed by atoms with Crippen LogP contribution in [0.5, 0.6) is 0 Å². The lowest BCUT2D eigenvalue weighted by Crippen LogP contribution is -2.47. The Bertz CT molecular complexity index is 418. The van der Waals surface area contributed by atoms with Crippen LogP contribution in [-0.4, -0.2) is 35.1 Å². The number of carbonyl (C=O) groups is 1. The molecular weight excluding hydrogens is 238 g/mol. The van der Waals surface area contributed by atoms with E-state index < -0.39 is 5.97 Å². The summed E-state index contributed by atoms with van der Waals surface area (Å²) in [5.41, 5.74) is 1.39. The van der Waals surface area contributed by atoms with Gasteiger partial charge in [-0.2, -0.15) is 0 Å². The van der Waals surface area contributed by atoms with Gasteiger partial charge in [0.25, 0.3) is 0 Å². The third kappa shape index (κ3) is 3.16. The molecule has 0 bridgehead atoms. The van der Waals surface area contributed by atoms with Crippen LogP contribution in [0.2, 0.25) is 0 Å². The fourth-order valence-electron chi connectivity index (χ4n) is 3.25. The van der Waals surface area contributed by atoms with Gasteiger partial charge in [-0.1, -0.05) is 44.2 Å². The van der Waals surface area contributed by atoms with Gasteiger partial charge in [-0.3, -0.25) is 9.69 Å². The fourth-order valence-corrected chi connectivity index (χ4v) is 3.25. The molecule has 1 fully saturated rings. The van der Waals surface area contributed by atoms with Gasteiger partial charge in [0.05, 0.1) is 0 Å². The van der Waals surface area contributed by atoms with Crippen LogP contribution in [-0.2, 0) is 4.79 Å². The zero-order valence-electron chi connectivity index (χ0n) is 11.7. The number of aliphatic carboxylic acids is 1. The zero-order chi connectivity index (χ0) is 13.8. The molecule has 0 aromatic heterocycles. The van der Waals surface area contributed by atoms with Crippen molar-refractivity contribution in [1.29, 1.82) is 0 Å². The second-order valence-corrected chi connectivity index (χ2v) is 5.54. The highest BCUT2D eigenvalue weighted by atomic mass is 16.4. The average Bonchev–Trinajstić information content (AvgIpc) is 2.40. The quantitative estimate of drug-likeness (QED) is 0.906. The summed E-state index contributed by atoms with van der Waals surface area (Å²) in [7, 11) is 0. The lowest BCUT2D eigenvalue weighted by molar-refractivity contribution is -0.144. The monoisotopic (exact) mass is 261 g/mol. The smallest absolute Gasteiger partial charge is 0.320 e.